The minimum absolute atomic E-state index is 0.631. The van der Waals surface area contributed by atoms with Crippen molar-refractivity contribution >= 4 is 5.71 Å². The van der Waals surface area contributed by atoms with E-state index in [1.807, 2.05) is 18.2 Å². The topological polar surface area (TPSA) is 32.6 Å². The van der Waals surface area contributed by atoms with Crippen molar-refractivity contribution in [3.63, 3.8) is 0 Å². The van der Waals surface area contributed by atoms with Crippen LogP contribution in [0.4, 0.5) is 0 Å². The van der Waals surface area contributed by atoms with E-state index < -0.39 is 5.72 Å². The highest BCUT2D eigenvalue weighted by atomic mass is 16.3. The Morgan fingerprint density at radius 2 is 2.06 bits per heavy atom. The number of nitrogens with zero attached hydrogens (tertiary/aromatic N) is 1. The smallest absolute Gasteiger partial charge is 0.156 e. The van der Waals surface area contributed by atoms with E-state index in [9.17, 15) is 5.11 Å². The first-order valence-corrected chi connectivity index (χ1v) is 6.12. The van der Waals surface area contributed by atoms with Gasteiger partial charge in [0, 0.05) is 5.71 Å². The second kappa shape index (κ2) is 3.70. The molecule has 16 heavy (non-hydrogen) atoms. The lowest BCUT2D eigenvalue weighted by Gasteiger charge is -2.38. The van der Waals surface area contributed by atoms with Crippen molar-refractivity contribution in [1.29, 1.82) is 0 Å². The molecule has 2 aliphatic rings. The Labute approximate surface area is 96.0 Å². The molecule has 1 aromatic rings. The molecule has 2 heteroatoms. The Balaban J connectivity index is 1.97. The minimum atomic E-state index is -0.758. The van der Waals surface area contributed by atoms with Crippen LogP contribution in [0.2, 0.25) is 0 Å². The molecule has 84 valence electrons. The highest BCUT2D eigenvalue weighted by Gasteiger charge is 2.38. The highest BCUT2D eigenvalue weighted by molar-refractivity contribution is 6.01. The average Bonchev–Trinajstić information content (AvgIpc) is 2.28. The first-order valence-electron chi connectivity index (χ1n) is 6.12. The summed E-state index contributed by atoms with van der Waals surface area (Å²) in [4.78, 5) is 4.58. The molecule has 0 unspecified atom stereocenters. The molecule has 1 aromatic carbocycles. The summed E-state index contributed by atoms with van der Waals surface area (Å²) in [6.45, 7) is 0. The molecule has 0 radical (unpaired) electrons. The van der Waals surface area contributed by atoms with Gasteiger partial charge in [-0.05, 0) is 43.6 Å². The van der Waals surface area contributed by atoms with Gasteiger partial charge in [-0.25, -0.2) is 0 Å². The summed E-state index contributed by atoms with van der Waals surface area (Å²) in [5.41, 5.74) is 1.51. The molecule has 1 heterocycles. The molecule has 2 atom stereocenters. The second-order valence-corrected chi connectivity index (χ2v) is 5.07. The third-order valence-corrected chi connectivity index (χ3v) is 3.74. The molecule has 2 nitrogen and oxygen atoms in total. The summed E-state index contributed by atoms with van der Waals surface area (Å²) in [7, 11) is 0. The van der Waals surface area contributed by atoms with E-state index in [2.05, 4.69) is 17.1 Å². The first kappa shape index (κ1) is 10.0. The standard InChI is InChI=1S/C14H17NO/c16-14-8-4-5-11(10-14)9-13(15-14)12-6-2-1-3-7-12/h1-3,6-7,11,16H,4-5,8-10H2/t11-,14+/m1/s1. The lowest BCUT2D eigenvalue weighted by molar-refractivity contribution is -0.0132. The van der Waals surface area contributed by atoms with Crippen LogP contribution in [0.25, 0.3) is 0 Å². The summed E-state index contributed by atoms with van der Waals surface area (Å²) in [5.74, 6) is 0.631. The molecule has 1 saturated carbocycles. The number of hydrogen-bond donors (Lipinski definition) is 1. The van der Waals surface area contributed by atoms with Gasteiger partial charge in [0.05, 0.1) is 0 Å². The number of fused-ring (bicyclic) bond motifs is 2. The van der Waals surface area contributed by atoms with Gasteiger partial charge in [-0.3, -0.25) is 4.99 Å². The number of benzene rings is 1. The fraction of sp³-hybridized carbons (Fsp3) is 0.500. The van der Waals surface area contributed by atoms with Gasteiger partial charge >= 0.3 is 0 Å². The van der Waals surface area contributed by atoms with Gasteiger partial charge in [0.15, 0.2) is 5.72 Å². The Bertz CT molecular complexity index is 412. The molecule has 1 aliphatic carbocycles. The Morgan fingerprint density at radius 3 is 2.81 bits per heavy atom. The lowest BCUT2D eigenvalue weighted by atomic mass is 9.77. The van der Waals surface area contributed by atoms with Gasteiger partial charge in [-0.1, -0.05) is 30.3 Å². The summed E-state index contributed by atoms with van der Waals surface area (Å²) in [6, 6.07) is 10.3. The molecule has 3 rings (SSSR count). The van der Waals surface area contributed by atoms with Crippen LogP contribution < -0.4 is 0 Å². The molecule has 0 aromatic heterocycles. The molecule has 0 spiro atoms. The van der Waals surface area contributed by atoms with Crippen LogP contribution in [0.15, 0.2) is 35.3 Å². The van der Waals surface area contributed by atoms with Crippen molar-refractivity contribution in [2.24, 2.45) is 10.9 Å². The van der Waals surface area contributed by atoms with Crippen LogP contribution >= 0.6 is 0 Å². The zero-order valence-electron chi connectivity index (χ0n) is 9.39. The highest BCUT2D eigenvalue weighted by Crippen LogP contribution is 2.40. The Hall–Kier alpha value is -1.15. The first-order chi connectivity index (χ1) is 7.75. The molecular formula is C14H17NO. The van der Waals surface area contributed by atoms with Crippen LogP contribution in [-0.2, 0) is 0 Å². The summed E-state index contributed by atoms with van der Waals surface area (Å²) < 4.78 is 0. The van der Waals surface area contributed by atoms with E-state index in [-0.39, 0.29) is 0 Å². The third-order valence-electron chi connectivity index (χ3n) is 3.74. The van der Waals surface area contributed by atoms with Gasteiger partial charge in [0.1, 0.15) is 0 Å². The van der Waals surface area contributed by atoms with E-state index in [1.165, 1.54) is 12.0 Å². The van der Waals surface area contributed by atoms with E-state index in [0.717, 1.165) is 31.4 Å². The van der Waals surface area contributed by atoms with Crippen molar-refractivity contribution in [2.45, 2.75) is 37.8 Å². The molecule has 0 saturated heterocycles. The van der Waals surface area contributed by atoms with Gasteiger partial charge in [-0.2, -0.15) is 0 Å². The zero-order chi connectivity index (χ0) is 11.0. The van der Waals surface area contributed by atoms with Gasteiger partial charge in [0.2, 0.25) is 0 Å². The maximum absolute atomic E-state index is 10.3. The van der Waals surface area contributed by atoms with Crippen molar-refractivity contribution in [2.75, 3.05) is 0 Å². The number of hydrogen-bond acceptors (Lipinski definition) is 2. The normalized spacial score (nSPS) is 33.3. The van der Waals surface area contributed by atoms with Gasteiger partial charge in [0.25, 0.3) is 0 Å². The van der Waals surface area contributed by atoms with Gasteiger partial charge < -0.3 is 5.11 Å². The Kier molecular flexibility index (Phi) is 2.32. The van der Waals surface area contributed by atoms with Crippen molar-refractivity contribution < 1.29 is 5.11 Å². The summed E-state index contributed by atoms with van der Waals surface area (Å²) in [5, 5.41) is 10.3. The largest absolute Gasteiger partial charge is 0.369 e. The predicted octanol–water partition coefficient (Wildman–Crippen LogP) is 2.76. The maximum atomic E-state index is 10.3. The minimum Gasteiger partial charge on any atom is -0.369 e. The monoisotopic (exact) mass is 215 g/mol. The van der Waals surface area contributed by atoms with Crippen LogP contribution in [0.1, 0.15) is 37.7 Å². The summed E-state index contributed by atoms with van der Waals surface area (Å²) in [6.07, 6.45) is 5.09. The summed E-state index contributed by atoms with van der Waals surface area (Å²) >= 11 is 0. The predicted molar refractivity (Wildman–Crippen MR) is 64.5 cm³/mol. The quantitative estimate of drug-likeness (QED) is 0.767. The zero-order valence-corrected chi connectivity index (χ0v) is 9.39. The fourth-order valence-corrected chi connectivity index (χ4v) is 3.00. The van der Waals surface area contributed by atoms with Crippen molar-refractivity contribution in [3.8, 4) is 0 Å². The van der Waals surface area contributed by atoms with Gasteiger partial charge in [-0.15, -0.1) is 0 Å². The SMILES string of the molecule is O[C@]12CCC[C@H](CC(c3ccccc3)=N1)C2. The van der Waals surface area contributed by atoms with Crippen LogP contribution in [0.3, 0.4) is 0 Å². The molecule has 2 bridgehead atoms. The van der Waals surface area contributed by atoms with Crippen LogP contribution in [0.5, 0.6) is 0 Å². The fourth-order valence-electron chi connectivity index (χ4n) is 3.00. The van der Waals surface area contributed by atoms with Crippen molar-refractivity contribution in [1.82, 2.24) is 0 Å². The second-order valence-electron chi connectivity index (χ2n) is 5.07. The molecule has 1 N–H and O–H groups in total. The molecule has 1 aliphatic heterocycles. The van der Waals surface area contributed by atoms with Crippen LogP contribution in [0, 0.1) is 5.92 Å². The number of aliphatic hydroxyl groups is 1. The molecule has 1 fully saturated rings. The number of aliphatic imine (C=N–C) groups is 1. The number of rotatable bonds is 1. The van der Waals surface area contributed by atoms with Crippen LogP contribution in [-0.4, -0.2) is 16.5 Å². The van der Waals surface area contributed by atoms with Crippen molar-refractivity contribution in [3.05, 3.63) is 35.9 Å². The van der Waals surface area contributed by atoms with E-state index >= 15 is 0 Å². The van der Waals surface area contributed by atoms with E-state index in [1.54, 1.807) is 0 Å². The third kappa shape index (κ3) is 1.78. The Morgan fingerprint density at radius 1 is 1.25 bits per heavy atom. The molecular weight excluding hydrogens is 198 g/mol. The van der Waals surface area contributed by atoms with E-state index in [0.29, 0.717) is 5.92 Å². The van der Waals surface area contributed by atoms with E-state index in [4.69, 9.17) is 0 Å². The molecule has 0 amide bonds. The maximum Gasteiger partial charge on any atom is 0.156 e. The lowest BCUT2D eigenvalue weighted by Crippen LogP contribution is -2.39. The average molecular weight is 215 g/mol.